The summed E-state index contributed by atoms with van der Waals surface area (Å²) in [5, 5.41) is 9.30. The smallest absolute Gasteiger partial charge is 0.238 e. The van der Waals surface area contributed by atoms with E-state index in [9.17, 15) is 17.6 Å². The Balaban J connectivity index is 1.44. The monoisotopic (exact) mass is 518 g/mol. The molecule has 0 radical (unpaired) electrons. The second-order valence-corrected chi connectivity index (χ2v) is 11.5. The summed E-state index contributed by atoms with van der Waals surface area (Å²) in [6, 6.07) is 8.19. The minimum Gasteiger partial charge on any atom is -0.304 e. The van der Waals surface area contributed by atoms with Crippen molar-refractivity contribution in [2.45, 2.75) is 24.8 Å². The highest BCUT2D eigenvalue weighted by atomic mass is 32.2. The molecule has 0 atom stereocenters. The van der Waals surface area contributed by atoms with Gasteiger partial charge in [0.15, 0.2) is 0 Å². The molecule has 1 fully saturated rings. The number of fused-ring (bicyclic) bond motifs is 3. The maximum atomic E-state index is 14.1. The normalized spacial score (nSPS) is 17.5. The van der Waals surface area contributed by atoms with Crippen LogP contribution in [-0.2, 0) is 26.8 Å². The Bertz CT molecular complexity index is 1640. The van der Waals surface area contributed by atoms with Crippen LogP contribution in [0.25, 0.3) is 21.9 Å². The van der Waals surface area contributed by atoms with Gasteiger partial charge < -0.3 is 4.90 Å². The standard InChI is InChI=1S/C26H23FN6O3S/c1-37(35,36)32-10-6-26(7-11-32)21-5-8-28-15-23(21)33(25(26)34)16-22-24(17-4-9-30-31-14-17)20-3-2-19(27)12-18(20)13-29-22/h2-5,8-9,12-15H,6-7,10-11,16H2,1H3. The minimum atomic E-state index is -3.34. The highest BCUT2D eigenvalue weighted by Gasteiger charge is 2.53. The van der Waals surface area contributed by atoms with Crippen LogP contribution in [0.3, 0.4) is 0 Å². The first-order valence-electron chi connectivity index (χ1n) is 11.8. The Morgan fingerprint density at radius 3 is 2.57 bits per heavy atom. The Morgan fingerprint density at radius 2 is 1.84 bits per heavy atom. The number of carbonyl (C=O) groups excluding carboxylic acids is 1. The van der Waals surface area contributed by atoms with E-state index >= 15 is 0 Å². The number of hydrogen-bond donors (Lipinski definition) is 0. The SMILES string of the molecule is CS(=O)(=O)N1CCC2(CC1)C(=O)N(Cc1ncc3cc(F)ccc3c1-c1ccnnc1)c1cnccc12. The fourth-order valence-electron chi connectivity index (χ4n) is 5.59. The van der Waals surface area contributed by atoms with E-state index in [0.29, 0.717) is 29.6 Å². The minimum absolute atomic E-state index is 0.0940. The molecule has 4 aromatic rings. The lowest BCUT2D eigenvalue weighted by atomic mass is 9.74. The summed E-state index contributed by atoms with van der Waals surface area (Å²) in [6.07, 6.45) is 10.1. The van der Waals surface area contributed by atoms with Gasteiger partial charge in [0, 0.05) is 42.0 Å². The molecule has 6 rings (SSSR count). The summed E-state index contributed by atoms with van der Waals surface area (Å²) in [7, 11) is -3.34. The fourth-order valence-corrected chi connectivity index (χ4v) is 6.44. The Morgan fingerprint density at radius 1 is 1.03 bits per heavy atom. The average molecular weight is 519 g/mol. The molecule has 0 bridgehead atoms. The number of anilines is 1. The molecule has 2 aliphatic heterocycles. The van der Waals surface area contributed by atoms with Crippen LogP contribution in [-0.4, -0.2) is 58.1 Å². The van der Waals surface area contributed by atoms with Gasteiger partial charge >= 0.3 is 0 Å². The van der Waals surface area contributed by atoms with Gasteiger partial charge in [0.1, 0.15) is 5.82 Å². The lowest BCUT2D eigenvalue weighted by Crippen LogP contribution is -2.49. The van der Waals surface area contributed by atoms with Gasteiger partial charge in [0.25, 0.3) is 0 Å². The lowest BCUT2D eigenvalue weighted by Gasteiger charge is -2.37. The van der Waals surface area contributed by atoms with Crippen molar-refractivity contribution in [3.05, 3.63) is 78.4 Å². The van der Waals surface area contributed by atoms with Crippen molar-refractivity contribution in [1.82, 2.24) is 24.5 Å². The van der Waals surface area contributed by atoms with Gasteiger partial charge in [-0.1, -0.05) is 6.07 Å². The molecule has 1 amide bonds. The number of benzene rings is 1. The number of halogens is 1. The second kappa shape index (κ2) is 8.63. The zero-order valence-electron chi connectivity index (χ0n) is 20.0. The van der Waals surface area contributed by atoms with Crippen molar-refractivity contribution in [3.8, 4) is 11.1 Å². The highest BCUT2D eigenvalue weighted by molar-refractivity contribution is 7.88. The van der Waals surface area contributed by atoms with Gasteiger partial charge in [-0.05, 0) is 48.1 Å². The number of amides is 1. The van der Waals surface area contributed by atoms with Gasteiger partial charge in [-0.2, -0.15) is 10.2 Å². The maximum absolute atomic E-state index is 14.1. The molecule has 1 aromatic carbocycles. The van der Waals surface area contributed by atoms with E-state index in [4.69, 9.17) is 0 Å². The van der Waals surface area contributed by atoms with Crippen LogP contribution in [0.4, 0.5) is 10.1 Å². The van der Waals surface area contributed by atoms with Crippen molar-refractivity contribution < 1.29 is 17.6 Å². The average Bonchev–Trinajstić information content (AvgIpc) is 3.11. The van der Waals surface area contributed by atoms with E-state index in [-0.39, 0.29) is 31.4 Å². The van der Waals surface area contributed by atoms with E-state index in [0.717, 1.165) is 22.1 Å². The van der Waals surface area contributed by atoms with Crippen LogP contribution in [0.5, 0.6) is 0 Å². The molecule has 0 aliphatic carbocycles. The maximum Gasteiger partial charge on any atom is 0.238 e. The van der Waals surface area contributed by atoms with Crippen molar-refractivity contribution in [3.63, 3.8) is 0 Å². The van der Waals surface area contributed by atoms with Gasteiger partial charge in [0.05, 0.1) is 48.2 Å². The van der Waals surface area contributed by atoms with Gasteiger partial charge in [0.2, 0.25) is 15.9 Å². The molecule has 0 N–H and O–H groups in total. The van der Waals surface area contributed by atoms with E-state index in [1.165, 1.54) is 22.7 Å². The van der Waals surface area contributed by atoms with Crippen LogP contribution >= 0.6 is 0 Å². The molecule has 0 unspecified atom stereocenters. The van der Waals surface area contributed by atoms with Crippen molar-refractivity contribution in [2.75, 3.05) is 24.2 Å². The van der Waals surface area contributed by atoms with Crippen molar-refractivity contribution in [1.29, 1.82) is 0 Å². The number of carbonyl (C=O) groups is 1. The number of rotatable bonds is 4. The first kappa shape index (κ1) is 23.6. The number of sulfonamides is 1. The number of aromatic nitrogens is 4. The molecule has 0 saturated carbocycles. The number of pyridine rings is 2. The van der Waals surface area contributed by atoms with E-state index in [1.807, 2.05) is 6.07 Å². The molecule has 2 aliphatic rings. The first-order chi connectivity index (χ1) is 17.8. The van der Waals surface area contributed by atoms with Crippen molar-refractivity contribution >= 4 is 32.4 Å². The molecule has 188 valence electrons. The zero-order chi connectivity index (χ0) is 25.8. The van der Waals surface area contributed by atoms with Crippen LogP contribution in [0, 0.1) is 5.82 Å². The van der Waals surface area contributed by atoms with Crippen LogP contribution < -0.4 is 4.90 Å². The largest absolute Gasteiger partial charge is 0.304 e. The zero-order valence-corrected chi connectivity index (χ0v) is 20.8. The van der Waals surface area contributed by atoms with Gasteiger partial charge in [-0.15, -0.1) is 0 Å². The Labute approximate surface area is 213 Å². The molecule has 9 nitrogen and oxygen atoms in total. The quantitative estimate of drug-likeness (QED) is 0.408. The molecule has 1 spiro atoms. The van der Waals surface area contributed by atoms with Crippen molar-refractivity contribution in [2.24, 2.45) is 0 Å². The highest BCUT2D eigenvalue weighted by Crippen LogP contribution is 2.48. The third-order valence-corrected chi connectivity index (χ3v) is 8.72. The molecule has 37 heavy (non-hydrogen) atoms. The summed E-state index contributed by atoms with van der Waals surface area (Å²) in [5.74, 6) is -0.457. The third-order valence-electron chi connectivity index (χ3n) is 7.42. The predicted molar refractivity (Wildman–Crippen MR) is 135 cm³/mol. The summed E-state index contributed by atoms with van der Waals surface area (Å²) < 4.78 is 39.6. The number of hydrogen-bond acceptors (Lipinski definition) is 7. The van der Waals surface area contributed by atoms with E-state index < -0.39 is 15.4 Å². The summed E-state index contributed by atoms with van der Waals surface area (Å²) in [5.41, 5.74) is 2.86. The molecular formula is C26H23FN6O3S. The first-order valence-corrected chi connectivity index (χ1v) is 13.7. The summed E-state index contributed by atoms with van der Waals surface area (Å²) >= 11 is 0. The molecule has 1 saturated heterocycles. The number of piperidine rings is 1. The molecule has 3 aromatic heterocycles. The fraction of sp³-hybridized carbons (Fsp3) is 0.269. The second-order valence-electron chi connectivity index (χ2n) is 9.47. The molecular weight excluding hydrogens is 495 g/mol. The molecule has 11 heteroatoms. The topological polar surface area (TPSA) is 109 Å². The van der Waals surface area contributed by atoms with Crippen LogP contribution in [0.2, 0.25) is 0 Å². The predicted octanol–water partition coefficient (Wildman–Crippen LogP) is 3.07. The molecule has 5 heterocycles. The van der Waals surface area contributed by atoms with Crippen LogP contribution in [0.1, 0.15) is 24.1 Å². The van der Waals surface area contributed by atoms with Gasteiger partial charge in [-0.3, -0.25) is 14.8 Å². The van der Waals surface area contributed by atoms with Gasteiger partial charge in [-0.25, -0.2) is 17.1 Å². The lowest BCUT2D eigenvalue weighted by molar-refractivity contribution is -0.124. The summed E-state index contributed by atoms with van der Waals surface area (Å²) in [4.78, 5) is 24.7. The third kappa shape index (κ3) is 3.85. The number of nitrogens with zero attached hydrogens (tertiary/aromatic N) is 6. The Hall–Kier alpha value is -3.83. The van der Waals surface area contributed by atoms with E-state index in [1.54, 1.807) is 48.0 Å². The Kier molecular flexibility index (Phi) is 5.50. The van der Waals surface area contributed by atoms with E-state index in [2.05, 4.69) is 20.2 Å². The summed E-state index contributed by atoms with van der Waals surface area (Å²) in [6.45, 7) is 0.710. The van der Waals surface area contributed by atoms with Crippen LogP contribution in [0.15, 0.2) is 61.3 Å².